The van der Waals surface area contributed by atoms with Crippen LogP contribution in [0.2, 0.25) is 0 Å². The Balaban J connectivity index is -0.0000000800. The Morgan fingerprint density at radius 2 is 1.42 bits per heavy atom. The predicted octanol–water partition coefficient (Wildman–Crippen LogP) is -3.82. The van der Waals surface area contributed by atoms with E-state index in [1.807, 2.05) is 6.08 Å². The Morgan fingerprint density at radius 1 is 1.00 bits per heavy atom. The molecule has 1 rings (SSSR count). The molecule has 0 spiro atoms. The van der Waals surface area contributed by atoms with Gasteiger partial charge in [0.1, 0.15) is 0 Å². The van der Waals surface area contributed by atoms with Crippen LogP contribution in [0.15, 0.2) is 6.08 Å². The molecular formula is C8H13Br2CuMg. The van der Waals surface area contributed by atoms with Gasteiger partial charge in [-0.25, -0.2) is 0 Å². The van der Waals surface area contributed by atoms with Crippen LogP contribution in [0.4, 0.5) is 0 Å². The summed E-state index contributed by atoms with van der Waals surface area (Å²) in [4.78, 5) is 0. The molecule has 0 saturated heterocycles. The monoisotopic (exact) mass is 354 g/mol. The molecule has 0 atom stereocenters. The minimum absolute atomic E-state index is 0. The Morgan fingerprint density at radius 3 is 1.67 bits per heavy atom. The Bertz CT molecular complexity index is 85.1. The molecule has 72 valence electrons. The Labute approximate surface area is 123 Å². The maximum Gasteiger partial charge on any atom is 2.00 e. The first-order valence-corrected chi connectivity index (χ1v) is 3.48. The van der Waals surface area contributed by atoms with Gasteiger partial charge in [0.2, 0.25) is 0 Å². The van der Waals surface area contributed by atoms with Crippen molar-refractivity contribution in [2.24, 2.45) is 5.92 Å². The summed E-state index contributed by atoms with van der Waals surface area (Å²) < 4.78 is 0. The van der Waals surface area contributed by atoms with Gasteiger partial charge in [-0.15, -0.1) is 0 Å². The molecule has 0 nitrogen and oxygen atoms in total. The van der Waals surface area contributed by atoms with E-state index in [1.54, 1.807) is 0 Å². The van der Waals surface area contributed by atoms with E-state index in [9.17, 15) is 0 Å². The van der Waals surface area contributed by atoms with Gasteiger partial charge in [-0.2, -0.15) is 0 Å². The van der Waals surface area contributed by atoms with Crippen molar-refractivity contribution in [2.45, 2.75) is 32.1 Å². The first-order valence-electron chi connectivity index (χ1n) is 3.48. The summed E-state index contributed by atoms with van der Waals surface area (Å²) in [7, 11) is 0. The van der Waals surface area contributed by atoms with Crippen molar-refractivity contribution >= 4 is 23.1 Å². The van der Waals surface area contributed by atoms with Crippen molar-refractivity contribution in [3.63, 3.8) is 0 Å². The van der Waals surface area contributed by atoms with Crippen LogP contribution in [0.3, 0.4) is 0 Å². The zero-order chi connectivity index (χ0) is 5.82. The van der Waals surface area contributed by atoms with Gasteiger partial charge in [0, 0.05) is 0 Å². The summed E-state index contributed by atoms with van der Waals surface area (Å²) in [5, 5.41) is 0. The molecule has 0 heterocycles. The molecule has 0 unspecified atom stereocenters. The molecule has 12 heavy (non-hydrogen) atoms. The fourth-order valence-electron chi connectivity index (χ4n) is 1.33. The summed E-state index contributed by atoms with van der Waals surface area (Å²) >= 11 is 0. The van der Waals surface area contributed by atoms with Crippen LogP contribution in [0.1, 0.15) is 32.1 Å². The fourth-order valence-corrected chi connectivity index (χ4v) is 1.33. The molecule has 0 bridgehead atoms. The smallest absolute Gasteiger partial charge is 1.00 e. The third-order valence-corrected chi connectivity index (χ3v) is 1.92. The van der Waals surface area contributed by atoms with Crippen LogP contribution < -0.4 is 34.0 Å². The molecule has 1 saturated carbocycles. The molecule has 0 aromatic carbocycles. The summed E-state index contributed by atoms with van der Waals surface area (Å²) in [5.74, 6) is 0.740. The predicted molar refractivity (Wildman–Crippen MR) is 41.2 cm³/mol. The summed E-state index contributed by atoms with van der Waals surface area (Å²) in [6.07, 6.45) is 8.72. The molecule has 0 amide bonds. The van der Waals surface area contributed by atoms with Gasteiger partial charge in [-0.3, -0.25) is 6.08 Å². The van der Waals surface area contributed by atoms with Crippen LogP contribution in [-0.4, -0.2) is 23.1 Å². The van der Waals surface area contributed by atoms with E-state index in [0.717, 1.165) is 5.92 Å². The number of hydrogen-bond donors (Lipinski definition) is 0. The van der Waals surface area contributed by atoms with Crippen LogP contribution >= 0.6 is 0 Å². The first kappa shape index (κ1) is 23.7. The SMILES string of the molecule is [Br-].[Br-].[CH-]=CC1CCCCC1.[Cu+].[Mg+2]. The van der Waals surface area contributed by atoms with E-state index in [1.165, 1.54) is 32.1 Å². The van der Waals surface area contributed by atoms with Gasteiger partial charge >= 0.3 is 40.1 Å². The Hall–Kier alpha value is 1.99. The second-order valence-electron chi connectivity index (χ2n) is 2.59. The number of rotatable bonds is 1. The summed E-state index contributed by atoms with van der Waals surface area (Å²) in [6.45, 7) is 5.38. The van der Waals surface area contributed by atoms with E-state index in [2.05, 4.69) is 0 Å². The summed E-state index contributed by atoms with van der Waals surface area (Å²) in [6, 6.07) is 0. The minimum atomic E-state index is 0. The fraction of sp³-hybridized carbons (Fsp3) is 0.750. The van der Waals surface area contributed by atoms with E-state index < -0.39 is 0 Å². The van der Waals surface area contributed by atoms with Gasteiger partial charge in [0.05, 0.1) is 0 Å². The average Bonchev–Trinajstić information content (AvgIpc) is 1.90. The van der Waals surface area contributed by atoms with Gasteiger partial charge in [-0.1, -0.05) is 25.2 Å². The maximum absolute atomic E-state index is 5.38. The van der Waals surface area contributed by atoms with Crippen molar-refractivity contribution in [3.8, 4) is 0 Å². The number of hydrogen-bond acceptors (Lipinski definition) is 0. The molecule has 1 aliphatic carbocycles. The van der Waals surface area contributed by atoms with E-state index in [-0.39, 0.29) is 74.1 Å². The average molecular weight is 357 g/mol. The molecule has 0 aliphatic heterocycles. The number of allylic oxidation sites excluding steroid dienone is 1. The number of halogens is 2. The molecule has 1 aliphatic rings. The molecular weight excluding hydrogens is 344 g/mol. The first-order chi connectivity index (χ1) is 3.93. The molecule has 0 aromatic rings. The maximum atomic E-state index is 5.38. The standard InChI is InChI=1S/C8H13.2BrH.Cu.Mg/c1-2-8-6-4-3-5-7-8;;;;/h1-2,8H,3-7H2;2*1H;;/q-1;;;+1;+2/p-2. The third kappa shape index (κ3) is 10.1. The van der Waals surface area contributed by atoms with Gasteiger partial charge in [0.15, 0.2) is 0 Å². The van der Waals surface area contributed by atoms with Crippen molar-refractivity contribution < 1.29 is 51.0 Å². The third-order valence-electron chi connectivity index (χ3n) is 1.92. The van der Waals surface area contributed by atoms with Crippen molar-refractivity contribution in [3.05, 3.63) is 12.7 Å². The molecule has 0 aromatic heterocycles. The second-order valence-corrected chi connectivity index (χ2v) is 2.59. The van der Waals surface area contributed by atoms with Crippen molar-refractivity contribution in [2.75, 3.05) is 0 Å². The minimum Gasteiger partial charge on any atom is -1.00 e. The van der Waals surface area contributed by atoms with Crippen LogP contribution in [0, 0.1) is 12.5 Å². The van der Waals surface area contributed by atoms with Gasteiger partial charge < -0.3 is 40.5 Å². The van der Waals surface area contributed by atoms with Gasteiger partial charge in [0.25, 0.3) is 0 Å². The zero-order valence-corrected chi connectivity index (χ0v) is 12.6. The zero-order valence-electron chi connectivity index (χ0n) is 7.03. The molecule has 0 radical (unpaired) electrons. The molecule has 4 heteroatoms. The van der Waals surface area contributed by atoms with Crippen LogP contribution in [0.5, 0.6) is 0 Å². The Kier molecular flexibility index (Phi) is 30.5. The van der Waals surface area contributed by atoms with Crippen LogP contribution in [0.25, 0.3) is 0 Å². The van der Waals surface area contributed by atoms with E-state index in [4.69, 9.17) is 6.58 Å². The quantitative estimate of drug-likeness (QED) is 0.334. The van der Waals surface area contributed by atoms with Crippen molar-refractivity contribution in [1.29, 1.82) is 0 Å². The van der Waals surface area contributed by atoms with Crippen molar-refractivity contribution in [1.82, 2.24) is 0 Å². The van der Waals surface area contributed by atoms with Gasteiger partial charge in [-0.05, 0) is 12.8 Å². The summed E-state index contributed by atoms with van der Waals surface area (Å²) in [5.41, 5.74) is 0. The van der Waals surface area contributed by atoms with E-state index in [0.29, 0.717) is 0 Å². The van der Waals surface area contributed by atoms with E-state index >= 15 is 0 Å². The van der Waals surface area contributed by atoms with Crippen LogP contribution in [-0.2, 0) is 17.1 Å². The largest absolute Gasteiger partial charge is 2.00 e. The topological polar surface area (TPSA) is 0 Å². The molecule has 1 fully saturated rings. The normalized spacial score (nSPS) is 15.3. The second kappa shape index (κ2) is 15.5. The molecule has 0 N–H and O–H groups in total.